The van der Waals surface area contributed by atoms with E-state index < -0.39 is 0 Å². The van der Waals surface area contributed by atoms with Gasteiger partial charge in [-0.3, -0.25) is 4.79 Å². The van der Waals surface area contributed by atoms with Crippen molar-refractivity contribution in [2.75, 3.05) is 13.9 Å². The average Bonchev–Trinajstić information content (AvgIpc) is 2.84. The van der Waals surface area contributed by atoms with Gasteiger partial charge in [0.25, 0.3) is 0 Å². The van der Waals surface area contributed by atoms with Crippen LogP contribution >= 0.6 is 15.9 Å². The Morgan fingerprint density at radius 1 is 1.03 bits per heavy atom. The van der Waals surface area contributed by atoms with Crippen LogP contribution in [-0.2, 0) is 18.0 Å². The van der Waals surface area contributed by atoms with Crippen LogP contribution in [0, 0.1) is 0 Å². The van der Waals surface area contributed by atoms with Crippen LogP contribution in [0.4, 0.5) is 0 Å². The Labute approximate surface area is 197 Å². The van der Waals surface area contributed by atoms with E-state index in [0.717, 1.165) is 21.3 Å². The third kappa shape index (κ3) is 4.53. The number of ether oxygens (including phenoxy) is 5. The number of fused-ring (bicyclic) bond motifs is 2. The zero-order valence-corrected chi connectivity index (χ0v) is 19.2. The first-order valence-corrected chi connectivity index (χ1v) is 10.9. The van der Waals surface area contributed by atoms with Crippen molar-refractivity contribution < 1.29 is 28.1 Å². The first-order valence-electron chi connectivity index (χ1n) is 10.1. The molecule has 168 valence electrons. The molecule has 0 aliphatic carbocycles. The van der Waals surface area contributed by atoms with Crippen molar-refractivity contribution in [2.45, 2.75) is 13.2 Å². The summed E-state index contributed by atoms with van der Waals surface area (Å²) < 4.78 is 34.5. The van der Waals surface area contributed by atoms with Crippen molar-refractivity contribution in [2.24, 2.45) is 0 Å². The molecule has 0 spiro atoms. The number of halogens is 1. The molecule has 4 aromatic rings. The topological polar surface area (TPSA) is 76.4 Å². The Morgan fingerprint density at radius 3 is 2.79 bits per heavy atom. The van der Waals surface area contributed by atoms with Gasteiger partial charge >= 0.3 is 0 Å². The fourth-order valence-corrected chi connectivity index (χ4v) is 4.12. The predicted octanol–water partition coefficient (Wildman–Crippen LogP) is 5.80. The van der Waals surface area contributed by atoms with Gasteiger partial charge in [0, 0.05) is 27.7 Å². The molecule has 0 radical (unpaired) electrons. The molecular formula is C25H19BrO7. The second-order valence-corrected chi connectivity index (χ2v) is 8.24. The van der Waals surface area contributed by atoms with Gasteiger partial charge in [-0.05, 0) is 36.4 Å². The van der Waals surface area contributed by atoms with Crippen molar-refractivity contribution in [3.05, 3.63) is 86.7 Å². The van der Waals surface area contributed by atoms with E-state index >= 15 is 0 Å². The number of hydrogen-bond donors (Lipinski definition) is 0. The molecule has 2 heterocycles. The van der Waals surface area contributed by atoms with Gasteiger partial charge in [0.05, 0.1) is 19.1 Å². The summed E-state index contributed by atoms with van der Waals surface area (Å²) in [6.07, 6.45) is 1.30. The molecule has 0 unspecified atom stereocenters. The van der Waals surface area contributed by atoms with Gasteiger partial charge in [0.2, 0.25) is 11.2 Å². The summed E-state index contributed by atoms with van der Waals surface area (Å²) in [5.41, 5.74) is 1.98. The van der Waals surface area contributed by atoms with Crippen LogP contribution in [0.2, 0.25) is 0 Å². The molecule has 0 atom stereocenters. The van der Waals surface area contributed by atoms with E-state index in [1.165, 1.54) is 6.26 Å². The monoisotopic (exact) mass is 510 g/mol. The largest absolute Gasteiger partial charge is 0.497 e. The van der Waals surface area contributed by atoms with Crippen LogP contribution < -0.4 is 24.4 Å². The molecule has 0 saturated heterocycles. The quantitative estimate of drug-likeness (QED) is 0.324. The normalized spacial score (nSPS) is 12.7. The molecule has 33 heavy (non-hydrogen) atoms. The number of methoxy groups -OCH3 is 1. The number of rotatable bonds is 6. The Kier molecular flexibility index (Phi) is 5.93. The molecule has 3 aromatic carbocycles. The fourth-order valence-electron chi connectivity index (χ4n) is 3.57. The minimum atomic E-state index is -0.278. The summed E-state index contributed by atoms with van der Waals surface area (Å²) in [6.45, 7) is 0.987. The molecule has 8 heteroatoms. The zero-order chi connectivity index (χ0) is 22.8. The van der Waals surface area contributed by atoms with Gasteiger partial charge in [-0.2, -0.15) is 0 Å². The smallest absolute Gasteiger partial charge is 0.235 e. The van der Waals surface area contributed by atoms with E-state index in [1.54, 1.807) is 49.6 Å². The van der Waals surface area contributed by atoms with Crippen molar-refractivity contribution in [3.8, 4) is 28.7 Å². The van der Waals surface area contributed by atoms with Gasteiger partial charge in [-0.25, -0.2) is 0 Å². The molecule has 7 nitrogen and oxygen atoms in total. The van der Waals surface area contributed by atoms with Gasteiger partial charge in [-0.15, -0.1) is 0 Å². The summed E-state index contributed by atoms with van der Waals surface area (Å²) in [7, 11) is 1.57. The van der Waals surface area contributed by atoms with Crippen LogP contribution in [0.5, 0.6) is 28.7 Å². The van der Waals surface area contributed by atoms with Crippen LogP contribution in [0.3, 0.4) is 0 Å². The van der Waals surface area contributed by atoms with Crippen molar-refractivity contribution in [3.63, 3.8) is 0 Å². The lowest BCUT2D eigenvalue weighted by molar-refractivity contribution is -0.0176. The third-order valence-electron chi connectivity index (χ3n) is 5.13. The van der Waals surface area contributed by atoms with Crippen molar-refractivity contribution in [1.29, 1.82) is 0 Å². The molecule has 0 bridgehead atoms. The minimum absolute atomic E-state index is 0.0875. The Bertz CT molecular complexity index is 1380. The highest BCUT2D eigenvalue weighted by molar-refractivity contribution is 9.10. The second kappa shape index (κ2) is 9.17. The number of hydrogen-bond acceptors (Lipinski definition) is 7. The number of benzene rings is 3. The first-order chi connectivity index (χ1) is 16.1. The highest BCUT2D eigenvalue weighted by Gasteiger charge is 2.17. The maximum Gasteiger partial charge on any atom is 0.235 e. The fraction of sp³-hybridized carbons (Fsp3) is 0.160. The highest BCUT2D eigenvalue weighted by Crippen LogP contribution is 2.33. The molecular weight excluding hydrogens is 492 g/mol. The molecule has 1 aliphatic rings. The SMILES string of the molecule is COc1cccc(Oc2coc3cc(OCc4cc(Br)cc5c4OCOC5)ccc3c2=O)c1. The lowest BCUT2D eigenvalue weighted by atomic mass is 10.1. The maximum absolute atomic E-state index is 12.9. The molecule has 1 aromatic heterocycles. The first kappa shape index (κ1) is 21.4. The standard InChI is InChI=1S/C25H19BrO7/c1-28-18-3-2-4-20(9-18)33-23-13-31-22-10-19(5-6-21(22)24(23)27)30-12-16-8-17(26)7-15-11-29-14-32-25(15)16/h2-10,13H,11-12,14H2,1H3. The Hall–Kier alpha value is -3.49. The van der Waals surface area contributed by atoms with Crippen molar-refractivity contribution in [1.82, 2.24) is 0 Å². The summed E-state index contributed by atoms with van der Waals surface area (Å²) in [6, 6.07) is 16.0. The Balaban J connectivity index is 1.37. The van der Waals surface area contributed by atoms with Gasteiger partial charge in [-0.1, -0.05) is 22.0 Å². The Morgan fingerprint density at radius 2 is 1.91 bits per heavy atom. The van der Waals surface area contributed by atoms with Crippen LogP contribution in [0.1, 0.15) is 11.1 Å². The van der Waals surface area contributed by atoms with Crippen LogP contribution in [0.25, 0.3) is 11.0 Å². The minimum Gasteiger partial charge on any atom is -0.497 e. The van der Waals surface area contributed by atoms with E-state index in [0.29, 0.717) is 34.8 Å². The molecule has 0 fully saturated rings. The van der Waals surface area contributed by atoms with Gasteiger partial charge < -0.3 is 28.1 Å². The van der Waals surface area contributed by atoms with Gasteiger partial charge in [0.15, 0.2) is 6.79 Å². The molecule has 0 amide bonds. The van der Waals surface area contributed by atoms with E-state index in [-0.39, 0.29) is 24.6 Å². The van der Waals surface area contributed by atoms with Crippen LogP contribution in [0.15, 0.2) is 74.5 Å². The molecule has 5 rings (SSSR count). The third-order valence-corrected chi connectivity index (χ3v) is 5.59. The summed E-state index contributed by atoms with van der Waals surface area (Å²) in [5.74, 6) is 2.53. The zero-order valence-electron chi connectivity index (χ0n) is 17.6. The summed E-state index contributed by atoms with van der Waals surface area (Å²) >= 11 is 3.51. The molecule has 1 aliphatic heterocycles. The van der Waals surface area contributed by atoms with E-state index in [4.69, 9.17) is 28.1 Å². The summed E-state index contributed by atoms with van der Waals surface area (Å²) in [5, 5.41) is 0.392. The average molecular weight is 511 g/mol. The van der Waals surface area contributed by atoms with Crippen LogP contribution in [-0.4, -0.2) is 13.9 Å². The maximum atomic E-state index is 12.9. The molecule has 0 N–H and O–H groups in total. The summed E-state index contributed by atoms with van der Waals surface area (Å²) in [4.78, 5) is 12.9. The highest BCUT2D eigenvalue weighted by atomic mass is 79.9. The van der Waals surface area contributed by atoms with Gasteiger partial charge in [0.1, 0.15) is 41.5 Å². The molecule has 0 saturated carbocycles. The van der Waals surface area contributed by atoms with E-state index in [2.05, 4.69) is 15.9 Å². The predicted molar refractivity (Wildman–Crippen MR) is 124 cm³/mol. The lowest BCUT2D eigenvalue weighted by Crippen LogP contribution is -2.14. The van der Waals surface area contributed by atoms with Crippen molar-refractivity contribution >= 4 is 26.9 Å². The second-order valence-electron chi connectivity index (χ2n) is 7.32. The lowest BCUT2D eigenvalue weighted by Gasteiger charge is -2.21. The van der Waals surface area contributed by atoms with E-state index in [1.807, 2.05) is 12.1 Å². The van der Waals surface area contributed by atoms with E-state index in [9.17, 15) is 4.79 Å².